The molecule has 0 aliphatic rings. The van der Waals surface area contributed by atoms with Crippen LogP contribution in [0.5, 0.6) is 0 Å². The number of rotatable bonds is 5. The summed E-state index contributed by atoms with van der Waals surface area (Å²) in [5.74, 6) is 2.10. The molecule has 0 saturated carbocycles. The molecule has 9 heteroatoms. The molecule has 0 fully saturated rings. The van der Waals surface area contributed by atoms with E-state index >= 15 is 0 Å². The summed E-state index contributed by atoms with van der Waals surface area (Å²) in [5, 5.41) is 7.64. The molecule has 2 N–H and O–H groups in total. The Morgan fingerprint density at radius 3 is 2.88 bits per heavy atom. The second kappa shape index (κ2) is 6.32. The fraction of sp³-hybridized carbons (Fsp3) is 0.250. The fourth-order valence-corrected chi connectivity index (χ4v) is 2.87. The maximum absolute atomic E-state index is 4.60. The number of nitrogens with zero attached hydrogens (tertiary/aromatic N) is 6. The summed E-state index contributed by atoms with van der Waals surface area (Å²) in [5.41, 5.74) is 2.68. The number of imidazole rings is 1. The topological polar surface area (TPSA) is 87.0 Å². The number of anilines is 2. The molecule has 0 aliphatic heterocycles. The van der Waals surface area contributed by atoms with E-state index in [0.29, 0.717) is 18.4 Å². The second-order valence-electron chi connectivity index (χ2n) is 5.64. The van der Waals surface area contributed by atoms with Crippen molar-refractivity contribution in [2.75, 3.05) is 23.8 Å². The lowest BCUT2D eigenvalue weighted by Crippen LogP contribution is -2.21. The number of hydrogen-bond acceptors (Lipinski definition) is 6. The Labute approximate surface area is 152 Å². The predicted octanol–water partition coefficient (Wildman–Crippen LogP) is 2.83. The summed E-state index contributed by atoms with van der Waals surface area (Å²) < 4.78 is 2.51. The van der Waals surface area contributed by atoms with Crippen LogP contribution >= 0.6 is 15.9 Å². The minimum absolute atomic E-state index is 0.507. The third-order valence-electron chi connectivity index (χ3n) is 3.98. The highest BCUT2D eigenvalue weighted by Gasteiger charge is 2.14. The maximum Gasteiger partial charge on any atom is 0.230 e. The van der Waals surface area contributed by atoms with E-state index in [9.17, 15) is 0 Å². The highest BCUT2D eigenvalue weighted by Crippen LogP contribution is 2.21. The summed E-state index contributed by atoms with van der Waals surface area (Å²) in [4.78, 5) is 19.0. The van der Waals surface area contributed by atoms with Gasteiger partial charge in [-0.2, -0.15) is 19.6 Å². The number of para-hydroxylation sites is 2. The van der Waals surface area contributed by atoms with Crippen molar-refractivity contribution in [3.05, 3.63) is 40.8 Å². The number of nitrogens with one attached hydrogen (secondary N) is 2. The molecule has 4 aromatic rings. The zero-order chi connectivity index (χ0) is 17.4. The molecular formula is C16H17BrN8. The first-order chi connectivity index (χ1) is 12.2. The molecule has 1 aromatic carbocycles. The predicted molar refractivity (Wildman–Crippen MR) is 101 cm³/mol. The molecule has 0 radical (unpaired) electrons. The van der Waals surface area contributed by atoms with Crippen LogP contribution in [-0.4, -0.2) is 43.1 Å². The zero-order valence-corrected chi connectivity index (χ0v) is 15.4. The number of aromatic nitrogens is 6. The van der Waals surface area contributed by atoms with E-state index in [-0.39, 0.29) is 0 Å². The van der Waals surface area contributed by atoms with Crippen LogP contribution in [-0.2, 0) is 6.54 Å². The molecule has 4 rings (SSSR count). The molecule has 0 unspecified atom stereocenters. The first-order valence-electron chi connectivity index (χ1n) is 7.95. The normalized spacial score (nSPS) is 11.3. The average molecular weight is 401 g/mol. The van der Waals surface area contributed by atoms with E-state index in [1.165, 1.54) is 0 Å². The Morgan fingerprint density at radius 1 is 1.24 bits per heavy atom. The summed E-state index contributed by atoms with van der Waals surface area (Å²) in [6.45, 7) is 3.37. The number of halogens is 1. The van der Waals surface area contributed by atoms with Crippen LogP contribution in [0, 0.1) is 0 Å². The second-order valence-corrected chi connectivity index (χ2v) is 6.50. The molecule has 0 bridgehead atoms. The van der Waals surface area contributed by atoms with Crippen molar-refractivity contribution in [2.45, 2.75) is 13.5 Å². The Bertz CT molecular complexity index is 1000. The van der Waals surface area contributed by atoms with Crippen LogP contribution < -0.4 is 10.2 Å². The van der Waals surface area contributed by atoms with Crippen molar-refractivity contribution < 1.29 is 0 Å². The highest BCUT2D eigenvalue weighted by atomic mass is 79.9. The van der Waals surface area contributed by atoms with Gasteiger partial charge in [0.05, 0.1) is 28.2 Å². The van der Waals surface area contributed by atoms with Crippen molar-refractivity contribution >= 4 is 44.5 Å². The monoisotopic (exact) mass is 400 g/mol. The van der Waals surface area contributed by atoms with E-state index in [4.69, 9.17) is 0 Å². The van der Waals surface area contributed by atoms with E-state index < -0.39 is 0 Å². The molecule has 3 aromatic heterocycles. The molecule has 0 spiro atoms. The van der Waals surface area contributed by atoms with Gasteiger partial charge in [0.1, 0.15) is 5.82 Å². The number of H-pyrrole nitrogens is 1. The van der Waals surface area contributed by atoms with Gasteiger partial charge in [-0.25, -0.2) is 4.98 Å². The molecule has 0 atom stereocenters. The number of benzene rings is 1. The summed E-state index contributed by atoms with van der Waals surface area (Å²) in [7, 11) is 1.96. The van der Waals surface area contributed by atoms with Gasteiger partial charge in [0, 0.05) is 13.6 Å². The van der Waals surface area contributed by atoms with Gasteiger partial charge in [-0.05, 0) is 35.0 Å². The van der Waals surface area contributed by atoms with Crippen LogP contribution in [0.25, 0.3) is 16.7 Å². The van der Waals surface area contributed by atoms with Crippen molar-refractivity contribution in [3.8, 4) is 0 Å². The van der Waals surface area contributed by atoms with Crippen molar-refractivity contribution in [1.29, 1.82) is 0 Å². The van der Waals surface area contributed by atoms with Gasteiger partial charge in [-0.1, -0.05) is 12.1 Å². The summed E-state index contributed by atoms with van der Waals surface area (Å²) in [6, 6.07) is 7.95. The average Bonchev–Trinajstić information content (AvgIpc) is 3.22. The maximum atomic E-state index is 4.60. The lowest BCUT2D eigenvalue weighted by Gasteiger charge is -2.16. The fourth-order valence-electron chi connectivity index (χ4n) is 2.52. The number of fused-ring (bicyclic) bond motifs is 2. The smallest absolute Gasteiger partial charge is 0.230 e. The molecule has 3 heterocycles. The third-order valence-corrected chi connectivity index (χ3v) is 4.54. The SMILES string of the molecule is CCN(C)c1nc(NCc2nc3ccccc3[nH]2)n2ncc(Br)c2n1. The van der Waals surface area contributed by atoms with E-state index in [1.54, 1.807) is 10.7 Å². The molecule has 128 valence electrons. The largest absolute Gasteiger partial charge is 0.347 e. The highest BCUT2D eigenvalue weighted by molar-refractivity contribution is 9.10. The molecule has 0 aliphatic carbocycles. The van der Waals surface area contributed by atoms with Crippen molar-refractivity contribution in [1.82, 2.24) is 29.5 Å². The van der Waals surface area contributed by atoms with Gasteiger partial charge in [-0.15, -0.1) is 0 Å². The standard InChI is InChI=1S/C16H17BrN8/c1-3-24(2)16-22-14-10(17)8-19-25(14)15(23-16)18-9-13-20-11-6-4-5-7-12(11)21-13/h4-8H,3,9H2,1-2H3,(H,20,21)(H,18,22,23). The van der Waals surface area contributed by atoms with Gasteiger partial charge in [0.25, 0.3) is 0 Å². The van der Waals surface area contributed by atoms with E-state index in [0.717, 1.165) is 33.5 Å². The van der Waals surface area contributed by atoms with E-state index in [2.05, 4.69) is 53.2 Å². The van der Waals surface area contributed by atoms with Crippen LogP contribution in [0.3, 0.4) is 0 Å². The quantitative estimate of drug-likeness (QED) is 0.535. The Hall–Kier alpha value is -2.68. The Balaban J connectivity index is 1.67. The van der Waals surface area contributed by atoms with Gasteiger partial charge < -0.3 is 15.2 Å². The van der Waals surface area contributed by atoms with E-state index in [1.807, 2.05) is 36.2 Å². The minimum Gasteiger partial charge on any atom is -0.347 e. The van der Waals surface area contributed by atoms with Gasteiger partial charge in [0.2, 0.25) is 11.9 Å². The Morgan fingerprint density at radius 2 is 2.08 bits per heavy atom. The van der Waals surface area contributed by atoms with Crippen LogP contribution in [0.15, 0.2) is 34.9 Å². The lowest BCUT2D eigenvalue weighted by molar-refractivity contribution is 0.836. The molecule has 25 heavy (non-hydrogen) atoms. The van der Waals surface area contributed by atoms with Gasteiger partial charge >= 0.3 is 0 Å². The summed E-state index contributed by atoms with van der Waals surface area (Å²) >= 11 is 3.49. The van der Waals surface area contributed by atoms with Crippen molar-refractivity contribution in [2.24, 2.45) is 0 Å². The first kappa shape index (κ1) is 15.8. The van der Waals surface area contributed by atoms with Gasteiger partial charge in [0.15, 0.2) is 5.65 Å². The number of aromatic amines is 1. The van der Waals surface area contributed by atoms with Crippen LogP contribution in [0.4, 0.5) is 11.9 Å². The van der Waals surface area contributed by atoms with Crippen LogP contribution in [0.1, 0.15) is 12.7 Å². The van der Waals surface area contributed by atoms with Gasteiger partial charge in [-0.3, -0.25) is 0 Å². The van der Waals surface area contributed by atoms with Crippen molar-refractivity contribution in [3.63, 3.8) is 0 Å². The Kier molecular flexibility index (Phi) is 4.00. The number of hydrogen-bond donors (Lipinski definition) is 2. The molecular weight excluding hydrogens is 384 g/mol. The zero-order valence-electron chi connectivity index (χ0n) is 13.9. The molecule has 0 amide bonds. The minimum atomic E-state index is 0.507. The third kappa shape index (κ3) is 2.91. The summed E-state index contributed by atoms with van der Waals surface area (Å²) in [6.07, 6.45) is 1.71. The lowest BCUT2D eigenvalue weighted by atomic mass is 10.3. The molecule has 0 saturated heterocycles. The van der Waals surface area contributed by atoms with Crippen LogP contribution in [0.2, 0.25) is 0 Å². The molecule has 8 nitrogen and oxygen atoms in total. The first-order valence-corrected chi connectivity index (χ1v) is 8.75.